The normalized spacial score (nSPS) is 13.9. The number of hydrogen-bond acceptors (Lipinski definition) is 3. The summed E-state index contributed by atoms with van der Waals surface area (Å²) in [7, 11) is 0. The fourth-order valence-corrected chi connectivity index (χ4v) is 1.74. The molecule has 0 bridgehead atoms. The molecule has 0 spiro atoms. The van der Waals surface area contributed by atoms with Gasteiger partial charge in [0, 0.05) is 0 Å². The zero-order valence-corrected chi connectivity index (χ0v) is 9.94. The van der Waals surface area contributed by atoms with Crippen molar-refractivity contribution in [2.24, 2.45) is 0 Å². The van der Waals surface area contributed by atoms with Crippen molar-refractivity contribution in [1.29, 1.82) is 0 Å². The Hall–Kier alpha value is -1.84. The maximum Gasteiger partial charge on any atom is 0.152 e. The van der Waals surface area contributed by atoms with E-state index in [2.05, 4.69) is 0 Å². The Morgan fingerprint density at radius 3 is 2.00 bits per heavy atom. The first kappa shape index (κ1) is 12.6. The van der Waals surface area contributed by atoms with Crippen molar-refractivity contribution in [2.45, 2.75) is 12.2 Å². The fourth-order valence-electron chi connectivity index (χ4n) is 1.74. The molecule has 94 valence electrons. The van der Waals surface area contributed by atoms with E-state index in [1.165, 1.54) is 0 Å². The van der Waals surface area contributed by atoms with E-state index < -0.39 is 12.2 Å². The van der Waals surface area contributed by atoms with Crippen LogP contribution in [0.25, 0.3) is 0 Å². The van der Waals surface area contributed by atoms with Gasteiger partial charge in [-0.1, -0.05) is 48.5 Å². The summed E-state index contributed by atoms with van der Waals surface area (Å²) >= 11 is 0. The molecule has 0 aliphatic heterocycles. The third kappa shape index (κ3) is 3.09. The molecule has 0 saturated carbocycles. The fraction of sp³-hybridized carbons (Fsp3) is 0.200. The zero-order chi connectivity index (χ0) is 12.8. The van der Waals surface area contributed by atoms with Gasteiger partial charge in [-0.25, -0.2) is 0 Å². The number of ether oxygens (including phenoxy) is 1. The maximum atomic E-state index is 10.2. The van der Waals surface area contributed by atoms with Crippen LogP contribution in [-0.2, 0) is 0 Å². The van der Waals surface area contributed by atoms with Crippen molar-refractivity contribution < 1.29 is 14.9 Å². The topological polar surface area (TPSA) is 49.7 Å². The number of rotatable bonds is 5. The summed E-state index contributed by atoms with van der Waals surface area (Å²) in [6, 6.07) is 18.3. The van der Waals surface area contributed by atoms with Crippen LogP contribution in [0.1, 0.15) is 11.7 Å². The molecule has 2 atom stereocenters. The highest BCUT2D eigenvalue weighted by atomic mass is 16.5. The molecule has 3 nitrogen and oxygen atoms in total. The van der Waals surface area contributed by atoms with Crippen LogP contribution in [0.15, 0.2) is 60.7 Å². The quantitative estimate of drug-likeness (QED) is 0.847. The largest absolute Gasteiger partial charge is 0.485 e. The van der Waals surface area contributed by atoms with Crippen LogP contribution in [0, 0.1) is 0 Å². The smallest absolute Gasteiger partial charge is 0.152 e. The Morgan fingerprint density at radius 2 is 1.44 bits per heavy atom. The second-order valence-corrected chi connectivity index (χ2v) is 4.01. The highest BCUT2D eigenvalue weighted by Crippen LogP contribution is 2.21. The van der Waals surface area contributed by atoms with Gasteiger partial charge in [0.15, 0.2) is 6.10 Å². The molecule has 0 aliphatic rings. The van der Waals surface area contributed by atoms with Crippen molar-refractivity contribution in [3.8, 4) is 5.75 Å². The van der Waals surface area contributed by atoms with E-state index in [0.717, 1.165) is 5.56 Å². The Balaban J connectivity index is 2.09. The molecule has 3 heteroatoms. The molecule has 0 aromatic heterocycles. The average Bonchev–Trinajstić information content (AvgIpc) is 2.46. The van der Waals surface area contributed by atoms with Gasteiger partial charge >= 0.3 is 0 Å². The number of aliphatic hydroxyl groups is 2. The van der Waals surface area contributed by atoms with E-state index >= 15 is 0 Å². The maximum absolute atomic E-state index is 10.2. The van der Waals surface area contributed by atoms with Gasteiger partial charge in [0.2, 0.25) is 0 Å². The summed E-state index contributed by atoms with van der Waals surface area (Å²) in [5, 5.41) is 19.5. The lowest BCUT2D eigenvalue weighted by Gasteiger charge is -2.22. The van der Waals surface area contributed by atoms with Gasteiger partial charge < -0.3 is 14.9 Å². The summed E-state index contributed by atoms with van der Waals surface area (Å²) in [6.45, 7) is -0.245. The summed E-state index contributed by atoms with van der Waals surface area (Å²) < 4.78 is 5.58. The molecule has 2 aromatic rings. The Morgan fingerprint density at radius 1 is 0.889 bits per heavy atom. The highest BCUT2D eigenvalue weighted by molar-refractivity contribution is 5.23. The van der Waals surface area contributed by atoms with Crippen LogP contribution in [0.4, 0.5) is 0 Å². The highest BCUT2D eigenvalue weighted by Gasteiger charge is 2.21. The SMILES string of the molecule is OC[C@H](Oc1ccccc1)[C@H](O)c1ccccc1. The van der Waals surface area contributed by atoms with E-state index in [-0.39, 0.29) is 6.61 Å². The first-order valence-electron chi connectivity index (χ1n) is 5.87. The van der Waals surface area contributed by atoms with Crippen LogP contribution >= 0.6 is 0 Å². The predicted octanol–water partition coefficient (Wildman–Crippen LogP) is 2.16. The van der Waals surface area contributed by atoms with E-state index in [4.69, 9.17) is 4.74 Å². The van der Waals surface area contributed by atoms with Gasteiger partial charge in [-0.05, 0) is 17.7 Å². The minimum atomic E-state index is -0.851. The van der Waals surface area contributed by atoms with Crippen LogP contribution < -0.4 is 4.74 Å². The zero-order valence-electron chi connectivity index (χ0n) is 9.94. The summed E-state index contributed by atoms with van der Waals surface area (Å²) in [5.74, 6) is 0.631. The van der Waals surface area contributed by atoms with Crippen molar-refractivity contribution in [3.63, 3.8) is 0 Å². The molecule has 2 N–H and O–H groups in total. The standard InChI is InChI=1S/C15H16O3/c16-11-14(18-13-9-5-2-6-10-13)15(17)12-7-3-1-4-8-12/h1-10,14-17H,11H2/t14-,15+/m0/s1. The molecule has 0 fully saturated rings. The van der Waals surface area contributed by atoms with Crippen molar-refractivity contribution in [2.75, 3.05) is 6.61 Å². The van der Waals surface area contributed by atoms with Gasteiger partial charge in [0.25, 0.3) is 0 Å². The lowest BCUT2D eigenvalue weighted by atomic mass is 10.1. The van der Waals surface area contributed by atoms with Crippen LogP contribution in [-0.4, -0.2) is 22.9 Å². The summed E-state index contributed by atoms with van der Waals surface area (Å²) in [4.78, 5) is 0. The minimum absolute atomic E-state index is 0.245. The lowest BCUT2D eigenvalue weighted by molar-refractivity contribution is 0.000776. The van der Waals surface area contributed by atoms with Crippen molar-refractivity contribution >= 4 is 0 Å². The molecule has 18 heavy (non-hydrogen) atoms. The van der Waals surface area contributed by atoms with E-state index in [9.17, 15) is 10.2 Å². The third-order valence-electron chi connectivity index (χ3n) is 2.70. The first-order valence-corrected chi connectivity index (χ1v) is 5.87. The minimum Gasteiger partial charge on any atom is -0.485 e. The molecule has 0 aliphatic carbocycles. The number of aliphatic hydroxyl groups excluding tert-OH is 2. The molecule has 0 unspecified atom stereocenters. The summed E-state index contributed by atoms with van der Waals surface area (Å²) in [6.07, 6.45) is -1.52. The van der Waals surface area contributed by atoms with Gasteiger partial charge in [-0.2, -0.15) is 0 Å². The van der Waals surface area contributed by atoms with Gasteiger partial charge in [-0.3, -0.25) is 0 Å². The molecule has 2 rings (SSSR count). The molecule has 0 heterocycles. The van der Waals surface area contributed by atoms with Gasteiger partial charge in [-0.15, -0.1) is 0 Å². The summed E-state index contributed by atoms with van der Waals surface area (Å²) in [5.41, 5.74) is 0.729. The van der Waals surface area contributed by atoms with Gasteiger partial charge in [0.05, 0.1) is 6.61 Å². The van der Waals surface area contributed by atoms with Crippen molar-refractivity contribution in [3.05, 3.63) is 66.2 Å². The number of hydrogen-bond donors (Lipinski definition) is 2. The first-order chi connectivity index (χ1) is 8.81. The predicted molar refractivity (Wildman–Crippen MR) is 69.3 cm³/mol. The van der Waals surface area contributed by atoms with Crippen LogP contribution in [0.3, 0.4) is 0 Å². The van der Waals surface area contributed by atoms with Crippen LogP contribution in [0.2, 0.25) is 0 Å². The molecular weight excluding hydrogens is 228 g/mol. The average molecular weight is 244 g/mol. The second-order valence-electron chi connectivity index (χ2n) is 4.01. The van der Waals surface area contributed by atoms with Gasteiger partial charge in [0.1, 0.15) is 11.9 Å². The molecule has 0 radical (unpaired) electrons. The lowest BCUT2D eigenvalue weighted by Crippen LogP contribution is -2.29. The van der Waals surface area contributed by atoms with Crippen LogP contribution in [0.5, 0.6) is 5.75 Å². The van der Waals surface area contributed by atoms with E-state index in [0.29, 0.717) is 5.75 Å². The second kappa shape index (κ2) is 6.19. The molecule has 2 aromatic carbocycles. The molecule has 0 saturated heterocycles. The molecule has 0 amide bonds. The Kier molecular flexibility index (Phi) is 4.34. The Bertz CT molecular complexity index is 456. The van der Waals surface area contributed by atoms with E-state index in [1.807, 2.05) is 48.5 Å². The molecular formula is C15H16O3. The third-order valence-corrected chi connectivity index (χ3v) is 2.70. The van der Waals surface area contributed by atoms with E-state index in [1.54, 1.807) is 12.1 Å². The number of para-hydroxylation sites is 1. The monoisotopic (exact) mass is 244 g/mol. The van der Waals surface area contributed by atoms with Crippen molar-refractivity contribution in [1.82, 2.24) is 0 Å². The Labute approximate surface area is 106 Å². The number of benzene rings is 2.